The minimum Gasteiger partial charge on any atom is -0.348 e. The van der Waals surface area contributed by atoms with Gasteiger partial charge in [-0.15, -0.1) is 0 Å². The van der Waals surface area contributed by atoms with E-state index in [1.165, 1.54) is 20.2 Å². The Balaban J connectivity index is 1.65. The van der Waals surface area contributed by atoms with Gasteiger partial charge in [-0.25, -0.2) is 12.7 Å². The maximum Gasteiger partial charge on any atom is 0.251 e. The number of nitrogens with zero attached hydrogens (tertiary/aromatic N) is 2. The lowest BCUT2D eigenvalue weighted by Gasteiger charge is -2.16. The molecule has 1 aliphatic rings. The number of sulfonamides is 1. The molecule has 29 heavy (non-hydrogen) atoms. The molecule has 1 aliphatic heterocycles. The second-order valence-corrected chi connectivity index (χ2v) is 9.31. The Hall–Kier alpha value is -2.71. The molecule has 2 amide bonds. The van der Waals surface area contributed by atoms with Crippen molar-refractivity contribution in [3.8, 4) is 0 Å². The van der Waals surface area contributed by atoms with E-state index in [-0.39, 0.29) is 23.3 Å². The highest BCUT2D eigenvalue weighted by Gasteiger charge is 2.21. The quantitative estimate of drug-likeness (QED) is 0.749. The van der Waals surface area contributed by atoms with E-state index in [4.69, 9.17) is 0 Å². The molecule has 0 unspecified atom stereocenters. The van der Waals surface area contributed by atoms with Gasteiger partial charge in [0, 0.05) is 45.7 Å². The van der Waals surface area contributed by atoms with Crippen molar-refractivity contribution in [2.45, 2.75) is 30.8 Å². The Morgan fingerprint density at radius 2 is 1.79 bits per heavy atom. The SMILES string of the molecule is CN(C)S(=O)(=O)c1ccccc1CNC(=O)c1ccc(CN2CCCC2=O)cc1. The van der Waals surface area contributed by atoms with Gasteiger partial charge in [0.05, 0.1) is 4.90 Å². The van der Waals surface area contributed by atoms with Crippen LogP contribution < -0.4 is 5.32 Å². The fourth-order valence-electron chi connectivity index (χ4n) is 3.23. The molecule has 0 bridgehead atoms. The molecular weight excluding hydrogens is 390 g/mol. The van der Waals surface area contributed by atoms with Crippen LogP contribution in [0.1, 0.15) is 34.3 Å². The van der Waals surface area contributed by atoms with Crippen molar-refractivity contribution >= 4 is 21.8 Å². The van der Waals surface area contributed by atoms with Crippen LogP contribution in [0.25, 0.3) is 0 Å². The lowest BCUT2D eigenvalue weighted by Crippen LogP contribution is -2.27. The van der Waals surface area contributed by atoms with Crippen molar-refractivity contribution in [3.05, 3.63) is 65.2 Å². The molecule has 8 heteroatoms. The van der Waals surface area contributed by atoms with Gasteiger partial charge in [0.15, 0.2) is 0 Å². The van der Waals surface area contributed by atoms with E-state index in [2.05, 4.69) is 5.32 Å². The lowest BCUT2D eigenvalue weighted by molar-refractivity contribution is -0.128. The van der Waals surface area contributed by atoms with Crippen LogP contribution in [0.5, 0.6) is 0 Å². The largest absolute Gasteiger partial charge is 0.348 e. The summed E-state index contributed by atoms with van der Waals surface area (Å²) in [6.45, 7) is 1.43. The zero-order chi connectivity index (χ0) is 21.0. The van der Waals surface area contributed by atoms with Crippen molar-refractivity contribution in [1.82, 2.24) is 14.5 Å². The fourth-order valence-corrected chi connectivity index (χ4v) is 4.34. The van der Waals surface area contributed by atoms with Crippen LogP contribution in [0, 0.1) is 0 Å². The molecule has 0 spiro atoms. The number of likely N-dealkylation sites (tertiary alicyclic amines) is 1. The van der Waals surface area contributed by atoms with Crippen molar-refractivity contribution in [1.29, 1.82) is 0 Å². The molecule has 2 aromatic carbocycles. The van der Waals surface area contributed by atoms with E-state index >= 15 is 0 Å². The van der Waals surface area contributed by atoms with Gasteiger partial charge in [-0.3, -0.25) is 9.59 Å². The molecule has 1 fully saturated rings. The maximum absolute atomic E-state index is 12.5. The molecule has 1 heterocycles. The van der Waals surface area contributed by atoms with Crippen LogP contribution in [0.2, 0.25) is 0 Å². The molecular formula is C21H25N3O4S. The molecule has 0 radical (unpaired) electrons. The Bertz CT molecular complexity index is 1000. The van der Waals surface area contributed by atoms with E-state index < -0.39 is 10.0 Å². The minimum absolute atomic E-state index is 0.103. The van der Waals surface area contributed by atoms with Crippen LogP contribution in [0.4, 0.5) is 0 Å². The van der Waals surface area contributed by atoms with Gasteiger partial charge in [0.2, 0.25) is 15.9 Å². The first-order chi connectivity index (χ1) is 13.8. The summed E-state index contributed by atoms with van der Waals surface area (Å²) in [5, 5.41) is 2.78. The first-order valence-electron chi connectivity index (χ1n) is 9.44. The van der Waals surface area contributed by atoms with Crippen LogP contribution in [-0.4, -0.2) is 50.1 Å². The Morgan fingerprint density at radius 3 is 2.41 bits per heavy atom. The Labute approximate surface area is 171 Å². The van der Waals surface area contributed by atoms with Gasteiger partial charge in [0.25, 0.3) is 5.91 Å². The minimum atomic E-state index is -3.59. The molecule has 0 aromatic heterocycles. The molecule has 1 N–H and O–H groups in total. The van der Waals surface area contributed by atoms with Crippen LogP contribution in [0.3, 0.4) is 0 Å². The predicted octanol–water partition coefficient (Wildman–Crippen LogP) is 1.99. The van der Waals surface area contributed by atoms with Crippen molar-refractivity contribution in [2.24, 2.45) is 0 Å². The molecule has 0 aliphatic carbocycles. The molecule has 154 valence electrons. The highest BCUT2D eigenvalue weighted by molar-refractivity contribution is 7.89. The smallest absolute Gasteiger partial charge is 0.251 e. The van der Waals surface area contributed by atoms with Crippen molar-refractivity contribution in [3.63, 3.8) is 0 Å². The zero-order valence-electron chi connectivity index (χ0n) is 16.6. The lowest BCUT2D eigenvalue weighted by atomic mass is 10.1. The standard InChI is InChI=1S/C21H25N3O4S/c1-23(2)29(27,28)19-7-4-3-6-18(19)14-22-21(26)17-11-9-16(10-12-17)15-24-13-5-8-20(24)25/h3-4,6-7,9-12H,5,8,13-15H2,1-2H3,(H,22,26). The summed E-state index contributed by atoms with van der Waals surface area (Å²) in [7, 11) is -0.644. The summed E-state index contributed by atoms with van der Waals surface area (Å²) < 4.78 is 26.1. The summed E-state index contributed by atoms with van der Waals surface area (Å²) >= 11 is 0. The van der Waals surface area contributed by atoms with Gasteiger partial charge in [-0.2, -0.15) is 0 Å². The summed E-state index contributed by atoms with van der Waals surface area (Å²) in [6.07, 6.45) is 1.50. The first-order valence-corrected chi connectivity index (χ1v) is 10.9. The highest BCUT2D eigenvalue weighted by atomic mass is 32.2. The number of benzene rings is 2. The van der Waals surface area contributed by atoms with Crippen molar-refractivity contribution < 1.29 is 18.0 Å². The number of carbonyl (C=O) groups excluding carboxylic acids is 2. The third kappa shape index (κ3) is 4.83. The normalized spacial score (nSPS) is 14.4. The van der Waals surface area contributed by atoms with Crippen LogP contribution >= 0.6 is 0 Å². The third-order valence-corrected chi connectivity index (χ3v) is 6.85. The van der Waals surface area contributed by atoms with Crippen LogP contribution in [-0.2, 0) is 27.9 Å². The summed E-state index contributed by atoms with van der Waals surface area (Å²) in [4.78, 5) is 26.2. The van der Waals surface area contributed by atoms with E-state index in [1.807, 2.05) is 17.0 Å². The summed E-state index contributed by atoms with van der Waals surface area (Å²) in [5.74, 6) is -0.121. The highest BCUT2D eigenvalue weighted by Crippen LogP contribution is 2.19. The van der Waals surface area contributed by atoms with E-state index in [0.29, 0.717) is 24.1 Å². The van der Waals surface area contributed by atoms with Crippen LogP contribution in [0.15, 0.2) is 53.4 Å². The Morgan fingerprint density at radius 1 is 1.10 bits per heavy atom. The number of hydrogen-bond acceptors (Lipinski definition) is 4. The second kappa shape index (κ2) is 8.75. The van der Waals surface area contributed by atoms with Gasteiger partial charge in [0.1, 0.15) is 0 Å². The predicted molar refractivity (Wildman–Crippen MR) is 110 cm³/mol. The maximum atomic E-state index is 12.5. The second-order valence-electron chi connectivity index (χ2n) is 7.19. The first kappa shape index (κ1) is 21.0. The van der Waals surface area contributed by atoms with Gasteiger partial charge < -0.3 is 10.2 Å². The number of hydrogen-bond donors (Lipinski definition) is 1. The Kier molecular flexibility index (Phi) is 6.34. The summed E-state index contributed by atoms with van der Waals surface area (Å²) in [5.41, 5.74) is 1.98. The molecule has 7 nitrogen and oxygen atoms in total. The van der Waals surface area contributed by atoms with Gasteiger partial charge in [-0.05, 0) is 35.7 Å². The zero-order valence-corrected chi connectivity index (χ0v) is 17.4. The average molecular weight is 416 g/mol. The van der Waals surface area contributed by atoms with E-state index in [0.717, 1.165) is 22.8 Å². The monoisotopic (exact) mass is 415 g/mol. The number of nitrogens with one attached hydrogen (secondary N) is 1. The molecule has 2 aromatic rings. The number of rotatable bonds is 7. The van der Waals surface area contributed by atoms with Crippen molar-refractivity contribution in [2.75, 3.05) is 20.6 Å². The summed E-state index contributed by atoms with van der Waals surface area (Å²) in [6, 6.07) is 13.7. The van der Waals surface area contributed by atoms with E-state index in [9.17, 15) is 18.0 Å². The van der Waals surface area contributed by atoms with E-state index in [1.54, 1.807) is 30.3 Å². The van der Waals surface area contributed by atoms with Gasteiger partial charge >= 0.3 is 0 Å². The third-order valence-electron chi connectivity index (χ3n) is 4.93. The molecule has 0 atom stereocenters. The molecule has 3 rings (SSSR count). The number of carbonyl (C=O) groups is 2. The van der Waals surface area contributed by atoms with Gasteiger partial charge in [-0.1, -0.05) is 30.3 Å². The molecule has 1 saturated heterocycles. The average Bonchev–Trinajstić information content (AvgIpc) is 3.11. The number of amides is 2. The topological polar surface area (TPSA) is 86.8 Å². The molecule has 0 saturated carbocycles. The fraction of sp³-hybridized carbons (Fsp3) is 0.333.